The van der Waals surface area contributed by atoms with Gasteiger partial charge in [0.15, 0.2) is 0 Å². The molecule has 1 saturated heterocycles. The molecule has 1 amide bonds. The third-order valence-electron chi connectivity index (χ3n) is 3.29. The SMILES string of the molecule is NCCC1CCN(C(=O)c2sccc2Cl)CC1. The molecule has 0 bridgehead atoms. The summed E-state index contributed by atoms with van der Waals surface area (Å²) in [5.41, 5.74) is 5.55. The van der Waals surface area contributed by atoms with Gasteiger partial charge in [-0.1, -0.05) is 11.6 Å². The summed E-state index contributed by atoms with van der Waals surface area (Å²) in [7, 11) is 0. The van der Waals surface area contributed by atoms with E-state index in [-0.39, 0.29) is 5.91 Å². The van der Waals surface area contributed by atoms with Crippen LogP contribution < -0.4 is 5.73 Å². The van der Waals surface area contributed by atoms with Crippen LogP contribution in [0.3, 0.4) is 0 Å². The highest BCUT2D eigenvalue weighted by molar-refractivity contribution is 7.12. The Bertz CT molecular complexity index is 386. The minimum atomic E-state index is 0.0798. The molecule has 1 aliphatic heterocycles. The van der Waals surface area contributed by atoms with E-state index in [1.165, 1.54) is 11.3 Å². The van der Waals surface area contributed by atoms with E-state index in [4.69, 9.17) is 17.3 Å². The number of carbonyl (C=O) groups excluding carboxylic acids is 1. The predicted octanol–water partition coefficient (Wildman–Crippen LogP) is 2.60. The zero-order valence-electron chi connectivity index (χ0n) is 9.69. The highest BCUT2D eigenvalue weighted by Crippen LogP contribution is 2.26. The molecule has 0 radical (unpaired) electrons. The Hall–Kier alpha value is -0.580. The van der Waals surface area contributed by atoms with Gasteiger partial charge in [0, 0.05) is 13.1 Å². The van der Waals surface area contributed by atoms with Crippen LogP contribution in [0.25, 0.3) is 0 Å². The Morgan fingerprint density at radius 2 is 2.24 bits per heavy atom. The van der Waals surface area contributed by atoms with E-state index in [2.05, 4.69) is 0 Å². The molecule has 3 nitrogen and oxygen atoms in total. The van der Waals surface area contributed by atoms with E-state index < -0.39 is 0 Å². The van der Waals surface area contributed by atoms with Gasteiger partial charge >= 0.3 is 0 Å². The normalized spacial score (nSPS) is 17.4. The van der Waals surface area contributed by atoms with Gasteiger partial charge in [0.05, 0.1) is 5.02 Å². The lowest BCUT2D eigenvalue weighted by atomic mass is 9.93. The van der Waals surface area contributed by atoms with Gasteiger partial charge in [-0.05, 0) is 43.2 Å². The Morgan fingerprint density at radius 3 is 2.76 bits per heavy atom. The van der Waals surface area contributed by atoms with Gasteiger partial charge in [-0.15, -0.1) is 11.3 Å². The van der Waals surface area contributed by atoms with Gasteiger partial charge in [0.1, 0.15) is 4.88 Å². The second-order valence-corrected chi connectivity index (χ2v) is 5.73. The molecule has 2 rings (SSSR count). The smallest absolute Gasteiger partial charge is 0.265 e. The summed E-state index contributed by atoms with van der Waals surface area (Å²) >= 11 is 7.40. The molecule has 1 fully saturated rings. The lowest BCUT2D eigenvalue weighted by Gasteiger charge is -2.31. The van der Waals surface area contributed by atoms with Crippen molar-refractivity contribution in [3.8, 4) is 0 Å². The highest BCUT2D eigenvalue weighted by Gasteiger charge is 2.24. The maximum atomic E-state index is 12.2. The third kappa shape index (κ3) is 3.00. The minimum absolute atomic E-state index is 0.0798. The van der Waals surface area contributed by atoms with Gasteiger partial charge < -0.3 is 10.6 Å². The summed E-state index contributed by atoms with van der Waals surface area (Å²) in [6.07, 6.45) is 3.19. The number of carbonyl (C=O) groups is 1. The zero-order valence-corrected chi connectivity index (χ0v) is 11.3. The molecular formula is C12H17ClN2OS. The highest BCUT2D eigenvalue weighted by atomic mass is 35.5. The average molecular weight is 273 g/mol. The molecular weight excluding hydrogens is 256 g/mol. The first-order valence-corrected chi connectivity index (χ1v) is 7.20. The zero-order chi connectivity index (χ0) is 12.3. The van der Waals surface area contributed by atoms with Gasteiger partial charge in [0.25, 0.3) is 5.91 Å². The predicted molar refractivity (Wildman–Crippen MR) is 71.6 cm³/mol. The fourth-order valence-electron chi connectivity index (χ4n) is 2.25. The van der Waals surface area contributed by atoms with Crippen LogP contribution in [-0.2, 0) is 0 Å². The van der Waals surface area contributed by atoms with Crippen LogP contribution in [0.15, 0.2) is 11.4 Å². The molecule has 0 aromatic carbocycles. The van der Waals surface area contributed by atoms with Crippen molar-refractivity contribution in [3.63, 3.8) is 0 Å². The number of piperidine rings is 1. The molecule has 1 aromatic heterocycles. The van der Waals surface area contributed by atoms with Gasteiger partial charge in [-0.3, -0.25) is 4.79 Å². The number of rotatable bonds is 3. The van der Waals surface area contributed by atoms with Gasteiger partial charge in [0.2, 0.25) is 0 Å². The number of halogens is 1. The largest absolute Gasteiger partial charge is 0.338 e. The van der Waals surface area contributed by atoms with Crippen molar-refractivity contribution in [2.45, 2.75) is 19.3 Å². The molecule has 2 heterocycles. The second kappa shape index (κ2) is 5.85. The van der Waals surface area contributed by atoms with Crippen LogP contribution in [-0.4, -0.2) is 30.4 Å². The quantitative estimate of drug-likeness (QED) is 0.919. The summed E-state index contributed by atoms with van der Waals surface area (Å²) in [4.78, 5) is 14.8. The number of nitrogens with zero attached hydrogens (tertiary/aromatic N) is 1. The summed E-state index contributed by atoms with van der Waals surface area (Å²) in [6.45, 7) is 2.41. The van der Waals surface area contributed by atoms with E-state index in [9.17, 15) is 4.79 Å². The molecule has 5 heteroatoms. The van der Waals surface area contributed by atoms with Crippen molar-refractivity contribution in [1.82, 2.24) is 4.90 Å². The topological polar surface area (TPSA) is 46.3 Å². The average Bonchev–Trinajstić information content (AvgIpc) is 2.76. The first-order chi connectivity index (χ1) is 8.22. The molecule has 2 N–H and O–H groups in total. The van der Waals surface area contributed by atoms with Crippen molar-refractivity contribution in [3.05, 3.63) is 21.3 Å². The number of nitrogens with two attached hydrogens (primary N) is 1. The second-order valence-electron chi connectivity index (χ2n) is 4.41. The molecule has 0 spiro atoms. The van der Waals surface area contributed by atoms with Crippen LogP contribution in [0.5, 0.6) is 0 Å². The molecule has 0 unspecified atom stereocenters. The van der Waals surface area contributed by atoms with Crippen molar-refractivity contribution in [2.75, 3.05) is 19.6 Å². The fourth-order valence-corrected chi connectivity index (χ4v) is 3.35. The number of amides is 1. The fraction of sp³-hybridized carbons (Fsp3) is 0.583. The summed E-state index contributed by atoms with van der Waals surface area (Å²) in [5, 5.41) is 2.43. The third-order valence-corrected chi connectivity index (χ3v) is 4.62. The maximum absolute atomic E-state index is 12.2. The Balaban J connectivity index is 1.93. The van der Waals surface area contributed by atoms with Crippen LogP contribution >= 0.6 is 22.9 Å². The van der Waals surface area contributed by atoms with E-state index in [1.54, 1.807) is 6.07 Å². The van der Waals surface area contributed by atoms with Crippen LogP contribution in [0.1, 0.15) is 28.9 Å². The summed E-state index contributed by atoms with van der Waals surface area (Å²) in [5.74, 6) is 0.763. The standard InChI is InChI=1S/C12H17ClN2OS/c13-10-4-8-17-11(10)12(16)15-6-2-9(1-5-14)3-7-15/h4,8-9H,1-3,5-7,14H2. The van der Waals surface area contributed by atoms with Crippen LogP contribution in [0.2, 0.25) is 5.02 Å². The summed E-state index contributed by atoms with van der Waals surface area (Å²) < 4.78 is 0. The Morgan fingerprint density at radius 1 is 1.53 bits per heavy atom. The molecule has 17 heavy (non-hydrogen) atoms. The minimum Gasteiger partial charge on any atom is -0.338 e. The first-order valence-electron chi connectivity index (χ1n) is 5.94. The van der Waals surface area contributed by atoms with Crippen LogP contribution in [0.4, 0.5) is 0 Å². The van der Waals surface area contributed by atoms with Crippen molar-refractivity contribution in [1.29, 1.82) is 0 Å². The lowest BCUT2D eigenvalue weighted by Crippen LogP contribution is -2.38. The molecule has 0 saturated carbocycles. The Labute approximate surface area is 111 Å². The van der Waals surface area contributed by atoms with E-state index >= 15 is 0 Å². The van der Waals surface area contributed by atoms with E-state index in [0.717, 1.165) is 38.9 Å². The van der Waals surface area contributed by atoms with Crippen molar-refractivity contribution < 1.29 is 4.79 Å². The molecule has 1 aromatic rings. The molecule has 94 valence electrons. The lowest BCUT2D eigenvalue weighted by molar-refractivity contribution is 0.0693. The maximum Gasteiger partial charge on any atom is 0.265 e. The number of hydrogen-bond acceptors (Lipinski definition) is 3. The number of hydrogen-bond donors (Lipinski definition) is 1. The van der Waals surface area contributed by atoms with Gasteiger partial charge in [-0.2, -0.15) is 0 Å². The van der Waals surface area contributed by atoms with Crippen molar-refractivity contribution in [2.24, 2.45) is 11.7 Å². The number of likely N-dealkylation sites (tertiary alicyclic amines) is 1. The van der Waals surface area contributed by atoms with E-state index in [0.29, 0.717) is 15.8 Å². The van der Waals surface area contributed by atoms with Crippen LogP contribution in [0, 0.1) is 5.92 Å². The summed E-state index contributed by atoms with van der Waals surface area (Å²) in [6, 6.07) is 1.78. The monoisotopic (exact) mass is 272 g/mol. The van der Waals surface area contributed by atoms with Gasteiger partial charge in [-0.25, -0.2) is 0 Å². The molecule has 1 aliphatic rings. The molecule has 0 atom stereocenters. The van der Waals surface area contributed by atoms with Crippen molar-refractivity contribution >= 4 is 28.8 Å². The number of thiophene rings is 1. The first kappa shape index (κ1) is 12.9. The molecule has 0 aliphatic carbocycles. The van der Waals surface area contributed by atoms with E-state index in [1.807, 2.05) is 10.3 Å². The Kier molecular flexibility index (Phi) is 4.42.